The number of urea groups is 1. The number of likely N-dealkylation sites (tertiary alicyclic amines) is 1. The average molecular weight is 447 g/mol. The summed E-state index contributed by atoms with van der Waals surface area (Å²) in [6.07, 6.45) is 2.57. The van der Waals surface area contributed by atoms with E-state index in [1.165, 1.54) is 0 Å². The van der Waals surface area contributed by atoms with E-state index in [1.807, 2.05) is 19.9 Å². The summed E-state index contributed by atoms with van der Waals surface area (Å²) >= 11 is 0. The highest BCUT2D eigenvalue weighted by Gasteiger charge is 2.59. The van der Waals surface area contributed by atoms with Crippen molar-refractivity contribution < 1.29 is 19.8 Å². The molecule has 32 heavy (non-hydrogen) atoms. The molecule has 0 aromatic heterocycles. The number of benzene rings is 1. The van der Waals surface area contributed by atoms with Gasteiger partial charge >= 0.3 is 6.03 Å². The highest BCUT2D eigenvalue weighted by molar-refractivity contribution is 5.95. The van der Waals surface area contributed by atoms with Gasteiger partial charge in [0.2, 0.25) is 5.91 Å². The molecule has 3 atom stereocenters. The molecular weight excluding hydrogens is 408 g/mol. The van der Waals surface area contributed by atoms with E-state index in [2.05, 4.69) is 34.5 Å². The van der Waals surface area contributed by atoms with Crippen molar-refractivity contribution in [2.45, 2.75) is 63.0 Å². The summed E-state index contributed by atoms with van der Waals surface area (Å²) in [5, 5.41) is 27.9. The Morgan fingerprint density at radius 3 is 2.72 bits per heavy atom. The number of hydrogen-bond donors (Lipinski definition) is 4. The van der Waals surface area contributed by atoms with Gasteiger partial charge in [-0.1, -0.05) is 6.07 Å². The number of aryl methyl sites for hydroxylation is 1. The second-order valence-corrected chi connectivity index (χ2v) is 9.71. The maximum Gasteiger partial charge on any atom is 0.321 e. The molecule has 4 N–H and O–H groups in total. The molecule has 1 aromatic carbocycles. The van der Waals surface area contributed by atoms with Crippen LogP contribution in [0.4, 0.5) is 4.79 Å². The molecule has 0 unspecified atom stereocenters. The normalized spacial score (nSPS) is 29.9. The lowest BCUT2D eigenvalue weighted by atomic mass is 9.56. The van der Waals surface area contributed by atoms with Gasteiger partial charge in [-0.3, -0.25) is 15.0 Å². The van der Waals surface area contributed by atoms with Crippen LogP contribution in [0.5, 0.6) is 5.75 Å². The SMILES string of the molecule is Cc1ccc(O)cc1[C@]12CCN(CCCN(C)C)[C@H](C)[C@]1(O)CCCNC(=O)NC(=O)C2. The highest BCUT2D eigenvalue weighted by atomic mass is 16.3. The molecule has 0 spiro atoms. The number of amides is 3. The summed E-state index contributed by atoms with van der Waals surface area (Å²) in [6.45, 7) is 6.92. The number of carbonyl (C=O) groups excluding carboxylic acids is 2. The van der Waals surface area contributed by atoms with Crippen LogP contribution in [-0.2, 0) is 10.2 Å². The summed E-state index contributed by atoms with van der Waals surface area (Å²) in [5.41, 5.74) is -0.407. The van der Waals surface area contributed by atoms with E-state index in [0.29, 0.717) is 25.8 Å². The third-order valence-corrected chi connectivity index (χ3v) is 7.42. The molecule has 1 aromatic rings. The minimum absolute atomic E-state index is 0.0168. The zero-order chi connectivity index (χ0) is 23.5. The van der Waals surface area contributed by atoms with Crippen molar-refractivity contribution in [1.82, 2.24) is 20.4 Å². The van der Waals surface area contributed by atoms with Crippen LogP contribution >= 0.6 is 0 Å². The molecule has 0 bridgehead atoms. The molecule has 8 heteroatoms. The molecule has 178 valence electrons. The van der Waals surface area contributed by atoms with Crippen molar-refractivity contribution in [2.24, 2.45) is 0 Å². The maximum atomic E-state index is 13.0. The first-order valence-electron chi connectivity index (χ1n) is 11.6. The van der Waals surface area contributed by atoms with E-state index in [1.54, 1.807) is 12.1 Å². The van der Waals surface area contributed by atoms with Gasteiger partial charge in [-0.2, -0.15) is 0 Å². The van der Waals surface area contributed by atoms with Gasteiger partial charge < -0.3 is 20.4 Å². The number of aliphatic hydroxyl groups is 1. The van der Waals surface area contributed by atoms with E-state index < -0.39 is 23.0 Å². The third kappa shape index (κ3) is 4.77. The predicted octanol–water partition coefficient (Wildman–Crippen LogP) is 1.73. The van der Waals surface area contributed by atoms with Crippen molar-refractivity contribution in [3.63, 3.8) is 0 Å². The van der Waals surface area contributed by atoms with E-state index >= 15 is 0 Å². The molecule has 0 radical (unpaired) electrons. The first kappa shape index (κ1) is 24.5. The van der Waals surface area contributed by atoms with Crippen LogP contribution in [0.15, 0.2) is 18.2 Å². The summed E-state index contributed by atoms with van der Waals surface area (Å²) in [6, 6.07) is 4.45. The van der Waals surface area contributed by atoms with Gasteiger partial charge in [-0.05, 0) is 96.5 Å². The summed E-state index contributed by atoms with van der Waals surface area (Å²) < 4.78 is 0. The number of rotatable bonds is 5. The number of phenols is 1. The minimum Gasteiger partial charge on any atom is -0.508 e. The Labute approximate surface area is 191 Å². The minimum atomic E-state index is -1.21. The van der Waals surface area contributed by atoms with Crippen LogP contribution in [-0.4, -0.2) is 83.9 Å². The second kappa shape index (κ2) is 9.77. The molecule has 8 nitrogen and oxygen atoms in total. The monoisotopic (exact) mass is 446 g/mol. The number of aromatic hydroxyl groups is 1. The summed E-state index contributed by atoms with van der Waals surface area (Å²) in [5.74, 6) is -0.308. The zero-order valence-corrected chi connectivity index (χ0v) is 19.8. The average Bonchev–Trinajstić information content (AvgIpc) is 2.72. The van der Waals surface area contributed by atoms with E-state index in [9.17, 15) is 19.8 Å². The maximum absolute atomic E-state index is 13.0. The lowest BCUT2D eigenvalue weighted by molar-refractivity contribution is -0.151. The van der Waals surface area contributed by atoms with Crippen LogP contribution in [0.25, 0.3) is 0 Å². The first-order valence-corrected chi connectivity index (χ1v) is 11.6. The fourth-order valence-corrected chi connectivity index (χ4v) is 5.67. The van der Waals surface area contributed by atoms with Gasteiger partial charge in [0.1, 0.15) is 5.75 Å². The topological polar surface area (TPSA) is 105 Å². The summed E-state index contributed by atoms with van der Waals surface area (Å²) in [7, 11) is 4.11. The number of nitrogens with one attached hydrogen (secondary N) is 2. The van der Waals surface area contributed by atoms with Crippen LogP contribution in [0.1, 0.15) is 50.2 Å². The quantitative estimate of drug-likeness (QED) is 0.549. The van der Waals surface area contributed by atoms with Crippen molar-refractivity contribution in [1.29, 1.82) is 0 Å². The largest absolute Gasteiger partial charge is 0.508 e. The van der Waals surface area contributed by atoms with Gasteiger partial charge in [0.15, 0.2) is 0 Å². The Morgan fingerprint density at radius 2 is 2.00 bits per heavy atom. The number of nitrogens with zero attached hydrogens (tertiary/aromatic N) is 2. The highest BCUT2D eigenvalue weighted by Crippen LogP contribution is 2.51. The fourth-order valence-electron chi connectivity index (χ4n) is 5.67. The smallest absolute Gasteiger partial charge is 0.321 e. The van der Waals surface area contributed by atoms with E-state index in [0.717, 1.165) is 37.2 Å². The van der Waals surface area contributed by atoms with Gasteiger partial charge in [0.05, 0.1) is 5.60 Å². The molecule has 2 fully saturated rings. The van der Waals surface area contributed by atoms with Crippen molar-refractivity contribution in [3.8, 4) is 5.75 Å². The number of fused-ring (bicyclic) bond motifs is 1. The molecule has 2 aliphatic rings. The Morgan fingerprint density at radius 1 is 1.25 bits per heavy atom. The van der Waals surface area contributed by atoms with Crippen molar-refractivity contribution in [2.75, 3.05) is 40.3 Å². The second-order valence-electron chi connectivity index (χ2n) is 9.71. The molecule has 3 amide bonds. The van der Waals surface area contributed by atoms with Gasteiger partial charge in [-0.15, -0.1) is 0 Å². The number of imide groups is 1. The fraction of sp³-hybridized carbons (Fsp3) is 0.667. The summed E-state index contributed by atoms with van der Waals surface area (Å²) in [4.78, 5) is 29.5. The number of hydrogen-bond acceptors (Lipinski definition) is 6. The molecule has 3 rings (SSSR count). The molecule has 2 aliphatic heterocycles. The molecular formula is C24H38N4O4. The number of carbonyl (C=O) groups is 2. The van der Waals surface area contributed by atoms with E-state index in [-0.39, 0.29) is 18.2 Å². The van der Waals surface area contributed by atoms with Gasteiger partial charge in [0.25, 0.3) is 0 Å². The molecule has 2 heterocycles. The van der Waals surface area contributed by atoms with E-state index in [4.69, 9.17) is 0 Å². The van der Waals surface area contributed by atoms with Gasteiger partial charge in [0, 0.05) is 24.4 Å². The van der Waals surface area contributed by atoms with Crippen LogP contribution in [0.3, 0.4) is 0 Å². The van der Waals surface area contributed by atoms with Gasteiger partial charge in [-0.25, -0.2) is 4.79 Å². The molecule has 2 saturated heterocycles. The Balaban J connectivity index is 2.06. The van der Waals surface area contributed by atoms with Crippen LogP contribution in [0.2, 0.25) is 0 Å². The van der Waals surface area contributed by atoms with Crippen molar-refractivity contribution >= 4 is 11.9 Å². The Bertz CT molecular complexity index is 845. The van der Waals surface area contributed by atoms with Crippen LogP contribution in [0, 0.1) is 6.92 Å². The molecule has 0 saturated carbocycles. The molecule has 0 aliphatic carbocycles. The van der Waals surface area contributed by atoms with Crippen molar-refractivity contribution in [3.05, 3.63) is 29.3 Å². The predicted molar refractivity (Wildman–Crippen MR) is 124 cm³/mol. The number of phenolic OH excluding ortho intramolecular Hbond substituents is 1. The Kier molecular flexibility index (Phi) is 7.47. The third-order valence-electron chi connectivity index (χ3n) is 7.42. The first-order chi connectivity index (χ1) is 15.1. The lowest BCUT2D eigenvalue weighted by Crippen LogP contribution is -2.69. The van der Waals surface area contributed by atoms with Crippen LogP contribution < -0.4 is 10.6 Å². The standard InChI is InChI=1S/C24H38N4O4/c1-17-7-8-19(29)15-20(17)23-10-14-28(13-6-12-27(3)4)18(2)24(23,32)9-5-11-25-22(31)26-21(30)16-23/h7-8,15,18,29,32H,5-6,9-14,16H2,1-4H3,(H2,25,26,30,31)/t18-,23-,24-/m1/s1. The number of piperidine rings is 1. The Hall–Kier alpha value is -2.16. The lowest BCUT2D eigenvalue weighted by Gasteiger charge is -2.58. The zero-order valence-electron chi connectivity index (χ0n) is 19.8.